The fraction of sp³-hybridized carbons (Fsp3) is 0.200. The van der Waals surface area contributed by atoms with Gasteiger partial charge in [-0.2, -0.15) is 4.68 Å². The second-order valence-corrected chi connectivity index (χ2v) is 4.67. The minimum Gasteiger partial charge on any atom is -0.497 e. The molecule has 0 aliphatic heterocycles. The number of carbonyl (C=O) groups excluding carboxylic acids is 1. The van der Waals surface area contributed by atoms with E-state index in [1.54, 1.807) is 38.3 Å². The summed E-state index contributed by atoms with van der Waals surface area (Å²) in [4.78, 5) is 26.5. The van der Waals surface area contributed by atoms with E-state index in [-0.39, 0.29) is 12.2 Å². The summed E-state index contributed by atoms with van der Waals surface area (Å²) in [5.74, 6) is 0.0194. The third kappa shape index (κ3) is 2.66. The molecule has 1 aromatic carbocycles. The van der Waals surface area contributed by atoms with Crippen molar-refractivity contribution in [1.82, 2.24) is 20.0 Å². The van der Waals surface area contributed by atoms with Gasteiger partial charge in [-0.3, -0.25) is 4.79 Å². The fourth-order valence-electron chi connectivity index (χ4n) is 2.15. The Morgan fingerprint density at radius 1 is 1.30 bits per heavy atom. The Kier molecular flexibility index (Phi) is 3.80. The zero-order valence-corrected chi connectivity index (χ0v) is 12.6. The number of benzene rings is 1. The summed E-state index contributed by atoms with van der Waals surface area (Å²) in [6.07, 6.45) is 0. The van der Waals surface area contributed by atoms with Crippen LogP contribution in [-0.4, -0.2) is 39.7 Å². The number of ether oxygens (including phenoxy) is 2. The molecule has 8 nitrogen and oxygen atoms in total. The lowest BCUT2D eigenvalue weighted by Crippen LogP contribution is -2.20. The van der Waals surface area contributed by atoms with Crippen LogP contribution in [0.25, 0.3) is 16.9 Å². The minimum atomic E-state index is -0.686. The van der Waals surface area contributed by atoms with Crippen LogP contribution >= 0.6 is 0 Å². The van der Waals surface area contributed by atoms with Crippen molar-refractivity contribution in [3.05, 3.63) is 46.2 Å². The van der Waals surface area contributed by atoms with E-state index in [2.05, 4.69) is 15.3 Å². The van der Waals surface area contributed by atoms with Crippen molar-refractivity contribution in [3.8, 4) is 11.4 Å². The topological polar surface area (TPSA) is 99.1 Å². The Labute approximate surface area is 130 Å². The molecule has 2 heterocycles. The summed E-state index contributed by atoms with van der Waals surface area (Å²) in [5, 5.41) is 8.00. The lowest BCUT2D eigenvalue weighted by Gasteiger charge is -2.04. The van der Waals surface area contributed by atoms with E-state index in [4.69, 9.17) is 9.47 Å². The number of aromatic nitrogens is 4. The van der Waals surface area contributed by atoms with Crippen LogP contribution in [0.2, 0.25) is 0 Å². The van der Waals surface area contributed by atoms with E-state index in [0.29, 0.717) is 22.6 Å². The summed E-state index contributed by atoms with van der Waals surface area (Å²) < 4.78 is 11.4. The van der Waals surface area contributed by atoms with Crippen molar-refractivity contribution in [1.29, 1.82) is 0 Å². The number of hydrogen-bond donors (Lipinski definition) is 1. The molecule has 0 atom stereocenters. The van der Waals surface area contributed by atoms with Crippen molar-refractivity contribution >= 4 is 17.1 Å². The van der Waals surface area contributed by atoms with E-state index in [1.165, 1.54) is 10.7 Å². The number of carbonyl (C=O) groups is 1. The molecule has 1 N–H and O–H groups in total. The molecule has 3 rings (SSSR count). The first-order valence-corrected chi connectivity index (χ1v) is 6.94. The average Bonchev–Trinajstić information content (AvgIpc) is 2.97. The summed E-state index contributed by atoms with van der Waals surface area (Å²) in [6, 6.07) is 8.48. The van der Waals surface area contributed by atoms with E-state index in [1.807, 2.05) is 0 Å². The van der Waals surface area contributed by atoms with E-state index in [9.17, 15) is 9.59 Å². The van der Waals surface area contributed by atoms with Gasteiger partial charge in [0.15, 0.2) is 5.65 Å². The summed E-state index contributed by atoms with van der Waals surface area (Å²) in [7, 11) is 1.58. The number of rotatable bonds is 4. The zero-order valence-electron chi connectivity index (χ0n) is 12.6. The highest BCUT2D eigenvalue weighted by Gasteiger charge is 2.16. The number of nitrogens with zero attached hydrogens (tertiary/aromatic N) is 3. The van der Waals surface area contributed by atoms with Crippen LogP contribution < -0.4 is 10.3 Å². The third-order valence-electron chi connectivity index (χ3n) is 3.27. The predicted molar refractivity (Wildman–Crippen MR) is 82.0 cm³/mol. The molecule has 0 saturated carbocycles. The van der Waals surface area contributed by atoms with Gasteiger partial charge in [-0.1, -0.05) is 5.21 Å². The van der Waals surface area contributed by atoms with Crippen LogP contribution in [-0.2, 0) is 4.74 Å². The van der Waals surface area contributed by atoms with Gasteiger partial charge >= 0.3 is 5.97 Å². The van der Waals surface area contributed by atoms with E-state index in [0.717, 1.165) is 0 Å². The van der Waals surface area contributed by atoms with Gasteiger partial charge in [-0.25, -0.2) is 4.79 Å². The lowest BCUT2D eigenvalue weighted by molar-refractivity contribution is 0.0524. The predicted octanol–water partition coefficient (Wildman–Crippen LogP) is 1.29. The average molecular weight is 314 g/mol. The molecule has 3 aromatic rings. The highest BCUT2D eigenvalue weighted by molar-refractivity contribution is 5.92. The standard InChI is InChI=1S/C15H14N4O4/c1-3-23-15(21)11-8-12-13(16-14(11)20)19(18-17-12)9-4-6-10(22-2)7-5-9/h4-8H,3H2,1-2H3,(H,16,20). The molecular weight excluding hydrogens is 300 g/mol. The number of hydrogen-bond acceptors (Lipinski definition) is 6. The van der Waals surface area contributed by atoms with Gasteiger partial charge in [0, 0.05) is 0 Å². The van der Waals surface area contributed by atoms with Gasteiger partial charge < -0.3 is 14.5 Å². The molecule has 0 bridgehead atoms. The van der Waals surface area contributed by atoms with Gasteiger partial charge in [0.2, 0.25) is 0 Å². The molecule has 0 fully saturated rings. The second-order valence-electron chi connectivity index (χ2n) is 4.67. The lowest BCUT2D eigenvalue weighted by atomic mass is 10.2. The monoisotopic (exact) mass is 314 g/mol. The highest BCUT2D eigenvalue weighted by atomic mass is 16.5. The number of fused-ring (bicyclic) bond motifs is 1. The smallest absolute Gasteiger partial charge is 0.343 e. The molecular formula is C15H14N4O4. The SMILES string of the molecule is CCOC(=O)c1cc2nnn(-c3ccc(OC)cc3)c2[nH]c1=O. The third-order valence-corrected chi connectivity index (χ3v) is 3.27. The number of aromatic amines is 1. The van der Waals surface area contributed by atoms with Crippen molar-refractivity contribution in [2.24, 2.45) is 0 Å². The fourth-order valence-corrected chi connectivity index (χ4v) is 2.15. The summed E-state index contributed by atoms with van der Waals surface area (Å²) in [6.45, 7) is 1.86. The molecule has 0 radical (unpaired) electrons. The van der Waals surface area contributed by atoms with Gasteiger partial charge in [0.05, 0.1) is 19.4 Å². The Balaban J connectivity index is 2.08. The van der Waals surface area contributed by atoms with Crippen LogP contribution in [0.15, 0.2) is 35.1 Å². The van der Waals surface area contributed by atoms with Crippen molar-refractivity contribution in [2.45, 2.75) is 6.92 Å². The van der Waals surface area contributed by atoms with Crippen molar-refractivity contribution in [2.75, 3.05) is 13.7 Å². The largest absolute Gasteiger partial charge is 0.497 e. The summed E-state index contributed by atoms with van der Waals surface area (Å²) >= 11 is 0. The number of nitrogens with one attached hydrogen (secondary N) is 1. The highest BCUT2D eigenvalue weighted by Crippen LogP contribution is 2.17. The number of esters is 1. The molecule has 118 valence electrons. The maximum atomic E-state index is 12.1. The minimum absolute atomic E-state index is 0.0962. The Bertz CT molecular complexity index is 911. The maximum absolute atomic E-state index is 12.1. The molecule has 0 amide bonds. The first-order valence-electron chi connectivity index (χ1n) is 6.94. The van der Waals surface area contributed by atoms with Crippen LogP contribution in [0, 0.1) is 0 Å². The van der Waals surface area contributed by atoms with E-state index < -0.39 is 11.5 Å². The van der Waals surface area contributed by atoms with Crippen LogP contribution in [0.1, 0.15) is 17.3 Å². The van der Waals surface area contributed by atoms with Crippen LogP contribution in [0.4, 0.5) is 0 Å². The maximum Gasteiger partial charge on any atom is 0.343 e. The molecule has 0 unspecified atom stereocenters. The van der Waals surface area contributed by atoms with Gasteiger partial charge in [0.25, 0.3) is 5.56 Å². The zero-order chi connectivity index (χ0) is 16.4. The van der Waals surface area contributed by atoms with Gasteiger partial charge in [-0.15, -0.1) is 5.10 Å². The van der Waals surface area contributed by atoms with Gasteiger partial charge in [-0.05, 0) is 37.3 Å². The Morgan fingerprint density at radius 3 is 2.70 bits per heavy atom. The number of methoxy groups -OCH3 is 1. The molecule has 0 spiro atoms. The van der Waals surface area contributed by atoms with Crippen molar-refractivity contribution < 1.29 is 14.3 Å². The molecule has 2 aromatic heterocycles. The molecule has 0 saturated heterocycles. The van der Waals surface area contributed by atoms with Crippen molar-refractivity contribution in [3.63, 3.8) is 0 Å². The first-order chi connectivity index (χ1) is 11.1. The number of H-pyrrole nitrogens is 1. The molecule has 23 heavy (non-hydrogen) atoms. The molecule has 8 heteroatoms. The first kappa shape index (κ1) is 14.8. The normalized spacial score (nSPS) is 10.7. The van der Waals surface area contributed by atoms with Crippen LogP contribution in [0.5, 0.6) is 5.75 Å². The molecule has 0 aliphatic rings. The van der Waals surface area contributed by atoms with E-state index >= 15 is 0 Å². The summed E-state index contributed by atoms with van der Waals surface area (Å²) in [5.41, 5.74) is 0.846. The van der Waals surface area contributed by atoms with Gasteiger partial charge in [0.1, 0.15) is 16.8 Å². The van der Waals surface area contributed by atoms with Crippen LogP contribution in [0.3, 0.4) is 0 Å². The quantitative estimate of drug-likeness (QED) is 0.729. The number of pyridine rings is 1. The molecule has 0 aliphatic carbocycles. The Hall–Kier alpha value is -3.16. The second kappa shape index (κ2) is 5.91. The Morgan fingerprint density at radius 2 is 2.04 bits per heavy atom.